The van der Waals surface area contributed by atoms with Crippen LogP contribution < -0.4 is 5.32 Å². The minimum Gasteiger partial charge on any atom is -0.368 e. The number of carbonyl (C=O) groups excluding carboxylic acids is 1. The van der Waals surface area contributed by atoms with Gasteiger partial charge in [0.1, 0.15) is 5.82 Å². The summed E-state index contributed by atoms with van der Waals surface area (Å²) < 4.78 is 0. The molecule has 2 fully saturated rings. The average Bonchev–Trinajstić information content (AvgIpc) is 3.49. The van der Waals surface area contributed by atoms with E-state index in [4.69, 9.17) is 0 Å². The molecule has 1 N–H and O–H groups in total. The topological polar surface area (TPSA) is 71.0 Å². The van der Waals surface area contributed by atoms with Gasteiger partial charge < -0.3 is 10.2 Å². The van der Waals surface area contributed by atoms with Crippen LogP contribution in [0, 0.1) is 5.92 Å². The summed E-state index contributed by atoms with van der Waals surface area (Å²) in [6, 6.07) is 12.3. The van der Waals surface area contributed by atoms with Gasteiger partial charge >= 0.3 is 0 Å². The van der Waals surface area contributed by atoms with E-state index in [9.17, 15) is 4.79 Å². The third kappa shape index (κ3) is 3.12. The zero-order chi connectivity index (χ0) is 18.2. The van der Waals surface area contributed by atoms with Crippen LogP contribution in [0.2, 0.25) is 0 Å². The molecule has 1 saturated carbocycles. The van der Waals surface area contributed by atoms with Gasteiger partial charge in [-0.3, -0.25) is 14.8 Å². The van der Waals surface area contributed by atoms with Gasteiger partial charge in [0, 0.05) is 37.3 Å². The van der Waals surface area contributed by atoms with Gasteiger partial charge in [-0.25, -0.2) is 4.98 Å². The van der Waals surface area contributed by atoms with Gasteiger partial charge in [0.2, 0.25) is 5.91 Å². The molecule has 5 rings (SSSR count). The molecule has 2 aromatic heterocycles. The van der Waals surface area contributed by atoms with Crippen LogP contribution in [-0.4, -0.2) is 38.3 Å². The summed E-state index contributed by atoms with van der Waals surface area (Å²) in [5.74, 6) is 1.19. The number of hydrogen-bond acceptors (Lipinski definition) is 5. The van der Waals surface area contributed by atoms with E-state index in [1.165, 1.54) is 0 Å². The lowest BCUT2D eigenvalue weighted by atomic mass is 9.94. The Hall–Kier alpha value is -3.02. The van der Waals surface area contributed by atoms with Crippen molar-refractivity contribution in [1.82, 2.24) is 19.9 Å². The zero-order valence-corrected chi connectivity index (χ0v) is 15.0. The number of carbonyl (C=O) groups is 1. The molecule has 1 saturated heterocycles. The van der Waals surface area contributed by atoms with Gasteiger partial charge in [-0.05, 0) is 36.6 Å². The van der Waals surface area contributed by atoms with Crippen LogP contribution in [0.25, 0.3) is 11.0 Å². The van der Waals surface area contributed by atoms with Crippen LogP contribution in [0.5, 0.6) is 0 Å². The maximum atomic E-state index is 12.7. The highest BCUT2D eigenvalue weighted by atomic mass is 16.2. The van der Waals surface area contributed by atoms with Gasteiger partial charge in [-0.15, -0.1) is 0 Å². The van der Waals surface area contributed by atoms with Gasteiger partial charge in [0.15, 0.2) is 0 Å². The Kier molecular flexibility index (Phi) is 3.96. The summed E-state index contributed by atoms with van der Waals surface area (Å²) in [5, 5.41) is 3.41. The standard InChI is InChI=1S/C21H21N5O/c27-20-10-15(12-24-19-13-23-17-5-1-2-6-18(17)25-19)21(26(20)16-7-8-16)14-4-3-9-22-11-14/h1-6,9,11,13,15-16,21H,7-8,10,12H2,(H,24,25)/t15-,21-/m0/s1. The first kappa shape index (κ1) is 16.2. The smallest absolute Gasteiger partial charge is 0.223 e. The van der Waals surface area contributed by atoms with E-state index in [0.29, 0.717) is 19.0 Å². The second kappa shape index (κ2) is 6.61. The second-order valence-corrected chi connectivity index (χ2v) is 7.35. The fourth-order valence-corrected chi connectivity index (χ4v) is 4.05. The molecule has 27 heavy (non-hydrogen) atoms. The molecule has 0 radical (unpaired) electrons. The summed E-state index contributed by atoms with van der Waals surface area (Å²) in [7, 11) is 0. The molecule has 136 valence electrons. The van der Waals surface area contributed by atoms with E-state index in [1.807, 2.05) is 36.5 Å². The molecule has 3 heterocycles. The molecule has 2 aliphatic rings. The number of rotatable bonds is 5. The number of likely N-dealkylation sites (tertiary alicyclic amines) is 1. The number of benzene rings is 1. The van der Waals surface area contributed by atoms with Crippen LogP contribution in [0.4, 0.5) is 5.82 Å². The monoisotopic (exact) mass is 359 g/mol. The summed E-state index contributed by atoms with van der Waals surface area (Å²) >= 11 is 0. The number of aromatic nitrogens is 3. The molecule has 6 nitrogen and oxygen atoms in total. The van der Waals surface area contributed by atoms with E-state index in [0.717, 1.165) is 35.3 Å². The Labute approximate surface area is 157 Å². The van der Waals surface area contributed by atoms with E-state index >= 15 is 0 Å². The number of pyridine rings is 1. The molecule has 1 amide bonds. The van der Waals surface area contributed by atoms with Crippen molar-refractivity contribution < 1.29 is 4.79 Å². The lowest BCUT2D eigenvalue weighted by molar-refractivity contribution is -0.129. The van der Waals surface area contributed by atoms with Crippen molar-refractivity contribution in [2.75, 3.05) is 11.9 Å². The second-order valence-electron chi connectivity index (χ2n) is 7.35. The fourth-order valence-electron chi connectivity index (χ4n) is 4.05. The van der Waals surface area contributed by atoms with Gasteiger partial charge in [-0.1, -0.05) is 18.2 Å². The number of para-hydroxylation sites is 2. The highest BCUT2D eigenvalue weighted by molar-refractivity contribution is 5.80. The lowest BCUT2D eigenvalue weighted by Gasteiger charge is -2.28. The van der Waals surface area contributed by atoms with Crippen LogP contribution in [-0.2, 0) is 4.79 Å². The normalized spacial score (nSPS) is 22.4. The predicted octanol–water partition coefficient (Wildman–Crippen LogP) is 3.19. The first-order chi connectivity index (χ1) is 13.3. The molecule has 1 aromatic carbocycles. The van der Waals surface area contributed by atoms with Crippen LogP contribution in [0.1, 0.15) is 30.9 Å². The highest BCUT2D eigenvalue weighted by Gasteiger charge is 2.47. The minimum absolute atomic E-state index is 0.0830. The van der Waals surface area contributed by atoms with Gasteiger partial charge in [-0.2, -0.15) is 0 Å². The third-order valence-corrected chi connectivity index (χ3v) is 5.43. The Balaban J connectivity index is 1.38. The van der Waals surface area contributed by atoms with E-state index in [2.05, 4.69) is 31.2 Å². The maximum absolute atomic E-state index is 12.7. The average molecular weight is 359 g/mol. The van der Waals surface area contributed by atoms with Crippen LogP contribution >= 0.6 is 0 Å². The van der Waals surface area contributed by atoms with E-state index < -0.39 is 0 Å². The molecule has 3 aromatic rings. The Morgan fingerprint density at radius 2 is 1.93 bits per heavy atom. The SMILES string of the molecule is O=C1C[C@@H](CNc2cnc3ccccc3n2)[C@H](c2cccnc2)N1C1CC1. The molecular weight excluding hydrogens is 338 g/mol. The molecule has 0 spiro atoms. The van der Waals surface area contributed by atoms with Crippen LogP contribution in [0.15, 0.2) is 55.0 Å². The first-order valence-corrected chi connectivity index (χ1v) is 9.46. The number of nitrogens with zero attached hydrogens (tertiary/aromatic N) is 4. The molecule has 2 atom stereocenters. The molecule has 6 heteroatoms. The quantitative estimate of drug-likeness (QED) is 0.757. The minimum atomic E-state index is 0.0830. The van der Waals surface area contributed by atoms with Crippen molar-refractivity contribution in [2.45, 2.75) is 31.3 Å². The number of amides is 1. The lowest BCUT2D eigenvalue weighted by Crippen LogP contribution is -2.32. The fraction of sp³-hybridized carbons (Fsp3) is 0.333. The molecule has 0 bridgehead atoms. The molecule has 1 aliphatic heterocycles. The first-order valence-electron chi connectivity index (χ1n) is 9.46. The molecular formula is C21H21N5O. The van der Waals surface area contributed by atoms with Crippen molar-refractivity contribution in [3.05, 3.63) is 60.6 Å². The highest BCUT2D eigenvalue weighted by Crippen LogP contribution is 2.44. The molecule has 0 unspecified atom stereocenters. The molecule has 1 aliphatic carbocycles. The van der Waals surface area contributed by atoms with Crippen LogP contribution in [0.3, 0.4) is 0 Å². The van der Waals surface area contributed by atoms with E-state index in [-0.39, 0.29) is 17.9 Å². The summed E-state index contributed by atoms with van der Waals surface area (Å²) in [4.78, 5) is 28.1. The summed E-state index contributed by atoms with van der Waals surface area (Å²) in [6.45, 7) is 0.682. The maximum Gasteiger partial charge on any atom is 0.223 e. The largest absolute Gasteiger partial charge is 0.368 e. The number of nitrogens with one attached hydrogen (secondary N) is 1. The van der Waals surface area contributed by atoms with Crippen molar-refractivity contribution in [3.8, 4) is 0 Å². The predicted molar refractivity (Wildman–Crippen MR) is 103 cm³/mol. The summed E-state index contributed by atoms with van der Waals surface area (Å²) in [6.07, 6.45) is 8.21. The van der Waals surface area contributed by atoms with Gasteiger partial charge in [0.25, 0.3) is 0 Å². The van der Waals surface area contributed by atoms with Crippen molar-refractivity contribution in [1.29, 1.82) is 0 Å². The van der Waals surface area contributed by atoms with Gasteiger partial charge in [0.05, 0.1) is 23.3 Å². The number of anilines is 1. The number of fused-ring (bicyclic) bond motifs is 1. The van der Waals surface area contributed by atoms with E-state index in [1.54, 1.807) is 12.4 Å². The van der Waals surface area contributed by atoms with Crippen molar-refractivity contribution >= 4 is 22.8 Å². The summed E-state index contributed by atoms with van der Waals surface area (Å²) in [5.41, 5.74) is 2.87. The third-order valence-electron chi connectivity index (χ3n) is 5.43. The Morgan fingerprint density at radius 1 is 1.07 bits per heavy atom. The zero-order valence-electron chi connectivity index (χ0n) is 15.0. The Bertz CT molecular complexity index is 972. The van der Waals surface area contributed by atoms with Crippen molar-refractivity contribution in [2.24, 2.45) is 5.92 Å². The van der Waals surface area contributed by atoms with Crippen molar-refractivity contribution in [3.63, 3.8) is 0 Å². The Morgan fingerprint density at radius 3 is 2.70 bits per heavy atom. The number of hydrogen-bond donors (Lipinski definition) is 1.